The average Bonchev–Trinajstić information content (AvgIpc) is 2.41. The van der Waals surface area contributed by atoms with Crippen molar-refractivity contribution in [3.63, 3.8) is 0 Å². The van der Waals surface area contributed by atoms with E-state index in [-0.39, 0.29) is 17.1 Å². The van der Waals surface area contributed by atoms with E-state index < -0.39 is 15.7 Å². The van der Waals surface area contributed by atoms with Gasteiger partial charge in [-0.05, 0) is 23.8 Å². The normalized spacial score (nSPS) is 11.0. The zero-order chi connectivity index (χ0) is 14.6. The molecular formula is C15H12FNO2S. The monoisotopic (exact) mass is 289 g/mol. The van der Waals surface area contributed by atoms with Crippen LogP contribution >= 0.6 is 0 Å². The molecule has 0 N–H and O–H groups in total. The van der Waals surface area contributed by atoms with Crippen molar-refractivity contribution in [2.24, 2.45) is 0 Å². The van der Waals surface area contributed by atoms with Crippen molar-refractivity contribution in [1.29, 1.82) is 5.26 Å². The van der Waals surface area contributed by atoms with E-state index in [9.17, 15) is 12.8 Å². The second-order valence-electron chi connectivity index (χ2n) is 4.43. The molecule has 3 nitrogen and oxygen atoms in total. The molecule has 0 aromatic heterocycles. The van der Waals surface area contributed by atoms with Gasteiger partial charge in [0.25, 0.3) is 0 Å². The Morgan fingerprint density at radius 1 is 1.00 bits per heavy atom. The number of nitrogens with zero attached hydrogens (tertiary/aromatic N) is 1. The lowest BCUT2D eigenvalue weighted by molar-refractivity contribution is 0.586. The lowest BCUT2D eigenvalue weighted by atomic mass is 10.2. The highest BCUT2D eigenvalue weighted by Crippen LogP contribution is 2.15. The molecule has 0 saturated heterocycles. The molecule has 0 fully saturated rings. The minimum Gasteiger partial charge on any atom is -0.228 e. The Bertz CT molecular complexity index is 746. The third-order valence-corrected chi connectivity index (χ3v) is 4.33. The minimum absolute atomic E-state index is 0.168. The summed E-state index contributed by atoms with van der Waals surface area (Å²) in [6.07, 6.45) is 0. The Kier molecular flexibility index (Phi) is 4.16. The first-order chi connectivity index (χ1) is 9.50. The van der Waals surface area contributed by atoms with Crippen molar-refractivity contribution in [2.75, 3.05) is 0 Å². The average molecular weight is 289 g/mol. The molecule has 2 rings (SSSR count). The highest BCUT2D eigenvalue weighted by Gasteiger charge is 2.15. The molecule has 0 aliphatic heterocycles. The van der Waals surface area contributed by atoms with Crippen molar-refractivity contribution < 1.29 is 12.8 Å². The molecule has 0 radical (unpaired) electrons. The van der Waals surface area contributed by atoms with Crippen LogP contribution in [0.1, 0.15) is 16.7 Å². The molecule has 0 saturated carbocycles. The predicted molar refractivity (Wildman–Crippen MR) is 73.9 cm³/mol. The molecule has 0 atom stereocenters. The lowest BCUT2D eigenvalue weighted by Gasteiger charge is -2.06. The standard InChI is InChI=1S/C15H12FNO2S/c16-15-4-2-1-3-14(15)11-20(18,19)10-13-7-5-12(9-17)6-8-13/h1-8H,10-11H2. The van der Waals surface area contributed by atoms with Gasteiger partial charge < -0.3 is 0 Å². The van der Waals surface area contributed by atoms with Crippen molar-refractivity contribution in [1.82, 2.24) is 0 Å². The van der Waals surface area contributed by atoms with Gasteiger partial charge in [0.05, 0.1) is 23.1 Å². The second-order valence-corrected chi connectivity index (χ2v) is 6.50. The van der Waals surface area contributed by atoms with Crippen LogP contribution in [0.3, 0.4) is 0 Å². The van der Waals surface area contributed by atoms with Gasteiger partial charge in [-0.15, -0.1) is 0 Å². The number of nitriles is 1. The largest absolute Gasteiger partial charge is 0.228 e. The molecule has 2 aromatic rings. The van der Waals surface area contributed by atoms with Gasteiger partial charge in [0.15, 0.2) is 9.84 Å². The van der Waals surface area contributed by atoms with Crippen LogP contribution in [0.2, 0.25) is 0 Å². The van der Waals surface area contributed by atoms with E-state index in [1.165, 1.54) is 18.2 Å². The van der Waals surface area contributed by atoms with Crippen LogP contribution in [0, 0.1) is 17.1 Å². The van der Waals surface area contributed by atoms with E-state index in [1.807, 2.05) is 6.07 Å². The van der Waals surface area contributed by atoms with Crippen molar-refractivity contribution in [3.8, 4) is 6.07 Å². The fraction of sp³-hybridized carbons (Fsp3) is 0.133. The first-order valence-electron chi connectivity index (χ1n) is 5.93. The van der Waals surface area contributed by atoms with E-state index >= 15 is 0 Å². The van der Waals surface area contributed by atoms with Crippen LogP contribution in [0.5, 0.6) is 0 Å². The molecule has 0 aliphatic rings. The zero-order valence-electron chi connectivity index (χ0n) is 10.6. The van der Waals surface area contributed by atoms with Crippen molar-refractivity contribution in [3.05, 3.63) is 71.0 Å². The summed E-state index contributed by atoms with van der Waals surface area (Å²) in [5.74, 6) is -1.02. The molecule has 5 heteroatoms. The maximum absolute atomic E-state index is 13.5. The van der Waals surface area contributed by atoms with Gasteiger partial charge in [-0.25, -0.2) is 12.8 Å². The van der Waals surface area contributed by atoms with E-state index in [4.69, 9.17) is 5.26 Å². The van der Waals surface area contributed by atoms with Crippen LogP contribution in [-0.2, 0) is 21.3 Å². The van der Waals surface area contributed by atoms with Gasteiger partial charge in [0.2, 0.25) is 0 Å². The third kappa shape index (κ3) is 3.65. The molecule has 0 aliphatic carbocycles. The number of hydrogen-bond donors (Lipinski definition) is 0. The molecule has 2 aromatic carbocycles. The van der Waals surface area contributed by atoms with Crippen LogP contribution in [0.15, 0.2) is 48.5 Å². The van der Waals surface area contributed by atoms with Gasteiger partial charge in [0, 0.05) is 5.56 Å². The van der Waals surface area contributed by atoms with E-state index in [1.54, 1.807) is 30.3 Å². The molecule has 20 heavy (non-hydrogen) atoms. The van der Waals surface area contributed by atoms with Gasteiger partial charge in [-0.2, -0.15) is 5.26 Å². The van der Waals surface area contributed by atoms with Crippen LogP contribution in [0.4, 0.5) is 4.39 Å². The number of hydrogen-bond acceptors (Lipinski definition) is 3. The summed E-state index contributed by atoms with van der Waals surface area (Å²) in [6, 6.07) is 14.1. The maximum Gasteiger partial charge on any atom is 0.158 e. The molecule has 0 unspecified atom stereocenters. The van der Waals surface area contributed by atoms with E-state index in [2.05, 4.69) is 0 Å². The fourth-order valence-electron chi connectivity index (χ4n) is 1.83. The summed E-state index contributed by atoms with van der Waals surface area (Å²) < 4.78 is 37.5. The van der Waals surface area contributed by atoms with Crippen LogP contribution in [-0.4, -0.2) is 8.42 Å². The van der Waals surface area contributed by atoms with Crippen LogP contribution in [0.25, 0.3) is 0 Å². The Morgan fingerprint density at radius 3 is 2.25 bits per heavy atom. The Labute approximate surface area is 117 Å². The molecule has 0 bridgehead atoms. The summed E-state index contributed by atoms with van der Waals surface area (Å²) >= 11 is 0. The van der Waals surface area contributed by atoms with Crippen molar-refractivity contribution in [2.45, 2.75) is 11.5 Å². The number of halogens is 1. The number of rotatable bonds is 4. The highest BCUT2D eigenvalue weighted by molar-refractivity contribution is 7.89. The van der Waals surface area contributed by atoms with Crippen molar-refractivity contribution >= 4 is 9.84 Å². The minimum atomic E-state index is -3.45. The highest BCUT2D eigenvalue weighted by atomic mass is 32.2. The Hall–Kier alpha value is -2.19. The van der Waals surface area contributed by atoms with E-state index in [0.29, 0.717) is 11.1 Å². The molecule has 0 spiro atoms. The first-order valence-corrected chi connectivity index (χ1v) is 7.75. The first kappa shape index (κ1) is 14.2. The predicted octanol–water partition coefficient (Wildman–Crippen LogP) is 2.81. The molecule has 102 valence electrons. The lowest BCUT2D eigenvalue weighted by Crippen LogP contribution is -2.08. The fourth-order valence-corrected chi connectivity index (χ4v) is 3.34. The third-order valence-electron chi connectivity index (χ3n) is 2.80. The smallest absolute Gasteiger partial charge is 0.158 e. The quantitative estimate of drug-likeness (QED) is 0.869. The zero-order valence-corrected chi connectivity index (χ0v) is 11.4. The maximum atomic E-state index is 13.5. The second kappa shape index (κ2) is 5.85. The number of sulfone groups is 1. The molecular weight excluding hydrogens is 277 g/mol. The summed E-state index contributed by atoms with van der Waals surface area (Å²) in [5, 5.41) is 8.68. The Balaban J connectivity index is 2.15. The molecule has 0 amide bonds. The summed E-state index contributed by atoms with van der Waals surface area (Å²) in [5.41, 5.74) is 1.22. The SMILES string of the molecule is N#Cc1ccc(CS(=O)(=O)Cc2ccccc2F)cc1. The molecule has 0 heterocycles. The van der Waals surface area contributed by atoms with Gasteiger partial charge in [0.1, 0.15) is 5.82 Å². The summed E-state index contributed by atoms with van der Waals surface area (Å²) in [7, 11) is -3.45. The van der Waals surface area contributed by atoms with Crippen LogP contribution < -0.4 is 0 Å². The topological polar surface area (TPSA) is 57.9 Å². The van der Waals surface area contributed by atoms with Gasteiger partial charge in [-0.3, -0.25) is 0 Å². The van der Waals surface area contributed by atoms with E-state index in [0.717, 1.165) is 0 Å². The Morgan fingerprint density at radius 2 is 1.65 bits per heavy atom. The summed E-state index contributed by atoms with van der Waals surface area (Å²) in [4.78, 5) is 0. The van der Waals surface area contributed by atoms with Gasteiger partial charge in [-0.1, -0.05) is 30.3 Å². The number of benzene rings is 2. The van der Waals surface area contributed by atoms with Gasteiger partial charge >= 0.3 is 0 Å². The summed E-state index contributed by atoms with van der Waals surface area (Å²) in [6.45, 7) is 0.